The van der Waals surface area contributed by atoms with Crippen LogP contribution in [0, 0.1) is 13.8 Å². The zero-order valence-corrected chi connectivity index (χ0v) is 14.8. The fraction of sp³-hybridized carbons (Fsp3) is 0.429. The topological polar surface area (TPSA) is 18.5 Å². The average molecular weight is 312 g/mol. The van der Waals surface area contributed by atoms with Gasteiger partial charge in [-0.2, -0.15) is 0 Å². The Morgan fingerprint density at radius 3 is 1.87 bits per heavy atom. The highest BCUT2D eigenvalue weighted by atomic mass is 16.5. The van der Waals surface area contributed by atoms with E-state index in [1.54, 1.807) is 0 Å². The molecule has 124 valence electrons. The van der Waals surface area contributed by atoms with Gasteiger partial charge in [0.2, 0.25) is 0 Å². The standard InChI is InChI=1S/C21H28O2/c1-5-7-8-18-9-11-19(12-10-18)15-23-21-14-13-20(22-6-2)16(3)17(21)4/h9-14H,5-8,15H2,1-4H3. The van der Waals surface area contributed by atoms with E-state index < -0.39 is 0 Å². The second kappa shape index (κ2) is 8.61. The van der Waals surface area contributed by atoms with Crippen LogP contribution >= 0.6 is 0 Å². The zero-order chi connectivity index (χ0) is 16.7. The van der Waals surface area contributed by atoms with Gasteiger partial charge in [0.05, 0.1) is 6.61 Å². The maximum absolute atomic E-state index is 6.00. The lowest BCUT2D eigenvalue weighted by atomic mass is 10.1. The van der Waals surface area contributed by atoms with Gasteiger partial charge in [-0.25, -0.2) is 0 Å². The third-order valence-corrected chi connectivity index (χ3v) is 4.22. The van der Waals surface area contributed by atoms with Gasteiger partial charge in [0.25, 0.3) is 0 Å². The molecule has 23 heavy (non-hydrogen) atoms. The van der Waals surface area contributed by atoms with Gasteiger partial charge in [-0.3, -0.25) is 0 Å². The van der Waals surface area contributed by atoms with Crippen LogP contribution in [0.4, 0.5) is 0 Å². The molecule has 0 fully saturated rings. The van der Waals surface area contributed by atoms with Crippen molar-refractivity contribution in [3.05, 3.63) is 58.7 Å². The summed E-state index contributed by atoms with van der Waals surface area (Å²) in [5.74, 6) is 1.87. The van der Waals surface area contributed by atoms with Gasteiger partial charge in [-0.05, 0) is 68.0 Å². The van der Waals surface area contributed by atoms with Gasteiger partial charge in [0, 0.05) is 0 Å². The largest absolute Gasteiger partial charge is 0.494 e. The van der Waals surface area contributed by atoms with E-state index in [0.29, 0.717) is 13.2 Å². The Balaban J connectivity index is 1.99. The lowest BCUT2D eigenvalue weighted by molar-refractivity contribution is 0.301. The van der Waals surface area contributed by atoms with Crippen LogP contribution in [0.2, 0.25) is 0 Å². The van der Waals surface area contributed by atoms with Crippen molar-refractivity contribution in [1.82, 2.24) is 0 Å². The summed E-state index contributed by atoms with van der Waals surface area (Å²) in [7, 11) is 0. The molecule has 2 aromatic carbocycles. The molecule has 2 rings (SSSR count). The SMILES string of the molecule is CCCCc1ccc(COc2ccc(OCC)c(C)c2C)cc1. The summed E-state index contributed by atoms with van der Waals surface area (Å²) in [4.78, 5) is 0. The van der Waals surface area contributed by atoms with Crippen LogP contribution in [0.1, 0.15) is 48.9 Å². The van der Waals surface area contributed by atoms with Gasteiger partial charge in [0.1, 0.15) is 18.1 Å². The molecule has 0 aliphatic heterocycles. The first-order valence-electron chi connectivity index (χ1n) is 8.59. The Morgan fingerprint density at radius 1 is 0.739 bits per heavy atom. The van der Waals surface area contributed by atoms with E-state index in [0.717, 1.165) is 29.0 Å². The summed E-state index contributed by atoms with van der Waals surface area (Å²) < 4.78 is 11.6. The van der Waals surface area contributed by atoms with Crippen molar-refractivity contribution in [3.63, 3.8) is 0 Å². The summed E-state index contributed by atoms with van der Waals surface area (Å²) in [6.07, 6.45) is 3.65. The van der Waals surface area contributed by atoms with Crippen molar-refractivity contribution in [1.29, 1.82) is 0 Å². The molecular formula is C21H28O2. The second-order valence-corrected chi connectivity index (χ2v) is 5.95. The second-order valence-electron chi connectivity index (χ2n) is 5.95. The van der Waals surface area contributed by atoms with Gasteiger partial charge in [0.15, 0.2) is 0 Å². The molecule has 2 aromatic rings. The minimum Gasteiger partial charge on any atom is -0.494 e. The smallest absolute Gasteiger partial charge is 0.123 e. The molecule has 0 aliphatic carbocycles. The summed E-state index contributed by atoms with van der Waals surface area (Å²) >= 11 is 0. The maximum Gasteiger partial charge on any atom is 0.123 e. The van der Waals surface area contributed by atoms with E-state index in [2.05, 4.69) is 45.0 Å². The third kappa shape index (κ3) is 4.75. The molecule has 0 saturated heterocycles. The van der Waals surface area contributed by atoms with Crippen LogP contribution in [-0.4, -0.2) is 6.61 Å². The fourth-order valence-corrected chi connectivity index (χ4v) is 2.58. The molecule has 0 saturated carbocycles. The molecule has 0 aromatic heterocycles. The number of unbranched alkanes of at least 4 members (excludes halogenated alkanes) is 1. The number of rotatable bonds is 8. The van der Waals surface area contributed by atoms with Gasteiger partial charge < -0.3 is 9.47 Å². The first-order valence-corrected chi connectivity index (χ1v) is 8.59. The monoisotopic (exact) mass is 312 g/mol. The quantitative estimate of drug-likeness (QED) is 0.629. The number of ether oxygens (including phenoxy) is 2. The number of hydrogen-bond acceptors (Lipinski definition) is 2. The average Bonchev–Trinajstić information content (AvgIpc) is 2.57. The predicted molar refractivity (Wildman–Crippen MR) is 96.5 cm³/mol. The van der Waals surface area contributed by atoms with E-state index in [-0.39, 0.29) is 0 Å². The molecule has 0 bridgehead atoms. The molecule has 0 spiro atoms. The van der Waals surface area contributed by atoms with E-state index >= 15 is 0 Å². The summed E-state index contributed by atoms with van der Waals surface area (Å²) in [6, 6.07) is 12.8. The van der Waals surface area contributed by atoms with Crippen LogP contribution in [0.3, 0.4) is 0 Å². The van der Waals surface area contributed by atoms with E-state index in [1.165, 1.54) is 24.0 Å². The molecule has 2 nitrogen and oxygen atoms in total. The Kier molecular flexibility index (Phi) is 6.52. The lowest BCUT2D eigenvalue weighted by Gasteiger charge is -2.14. The molecule has 0 unspecified atom stereocenters. The molecule has 2 heteroatoms. The number of benzene rings is 2. The maximum atomic E-state index is 6.00. The van der Waals surface area contributed by atoms with Crippen molar-refractivity contribution in [2.75, 3.05) is 6.61 Å². The van der Waals surface area contributed by atoms with E-state index in [1.807, 2.05) is 19.1 Å². The van der Waals surface area contributed by atoms with Crippen LogP contribution in [0.15, 0.2) is 36.4 Å². The first kappa shape index (κ1) is 17.4. The summed E-state index contributed by atoms with van der Waals surface area (Å²) in [5.41, 5.74) is 4.91. The van der Waals surface area contributed by atoms with Crippen LogP contribution in [0.25, 0.3) is 0 Å². The Hall–Kier alpha value is -1.96. The Labute approximate surface area is 140 Å². The van der Waals surface area contributed by atoms with Crippen LogP contribution < -0.4 is 9.47 Å². The molecule has 0 atom stereocenters. The minimum absolute atomic E-state index is 0.600. The van der Waals surface area contributed by atoms with E-state index in [4.69, 9.17) is 9.47 Å². The Morgan fingerprint density at radius 2 is 1.30 bits per heavy atom. The van der Waals surface area contributed by atoms with Crippen molar-refractivity contribution < 1.29 is 9.47 Å². The third-order valence-electron chi connectivity index (χ3n) is 4.22. The number of hydrogen-bond donors (Lipinski definition) is 0. The molecule has 0 aliphatic rings. The van der Waals surface area contributed by atoms with Gasteiger partial charge in [-0.15, -0.1) is 0 Å². The van der Waals surface area contributed by atoms with Crippen molar-refractivity contribution in [2.45, 2.75) is 53.6 Å². The highest BCUT2D eigenvalue weighted by Crippen LogP contribution is 2.29. The van der Waals surface area contributed by atoms with Gasteiger partial charge in [-0.1, -0.05) is 37.6 Å². The highest BCUT2D eigenvalue weighted by Gasteiger charge is 2.08. The minimum atomic E-state index is 0.600. The van der Waals surface area contributed by atoms with Crippen molar-refractivity contribution in [3.8, 4) is 11.5 Å². The molecule has 0 N–H and O–H groups in total. The van der Waals surface area contributed by atoms with Crippen molar-refractivity contribution >= 4 is 0 Å². The zero-order valence-electron chi connectivity index (χ0n) is 14.8. The fourth-order valence-electron chi connectivity index (χ4n) is 2.58. The van der Waals surface area contributed by atoms with Gasteiger partial charge >= 0.3 is 0 Å². The van der Waals surface area contributed by atoms with Crippen molar-refractivity contribution in [2.24, 2.45) is 0 Å². The normalized spacial score (nSPS) is 10.6. The molecule has 0 amide bonds. The molecular weight excluding hydrogens is 284 g/mol. The summed E-state index contributed by atoms with van der Waals surface area (Å²) in [6.45, 7) is 9.68. The first-order chi connectivity index (χ1) is 11.2. The molecule has 0 heterocycles. The number of aryl methyl sites for hydroxylation is 1. The molecule has 0 radical (unpaired) electrons. The lowest BCUT2D eigenvalue weighted by Crippen LogP contribution is -2.01. The van der Waals surface area contributed by atoms with E-state index in [9.17, 15) is 0 Å². The Bertz CT molecular complexity index is 614. The highest BCUT2D eigenvalue weighted by molar-refractivity contribution is 5.47. The van der Waals surface area contributed by atoms with Crippen LogP contribution in [-0.2, 0) is 13.0 Å². The summed E-state index contributed by atoms with van der Waals surface area (Å²) in [5, 5.41) is 0. The van der Waals surface area contributed by atoms with Crippen LogP contribution in [0.5, 0.6) is 11.5 Å². The predicted octanol–water partition coefficient (Wildman–Crippen LogP) is 5.62.